The number of morpholine rings is 1. The number of fused-ring (bicyclic) bond motifs is 1. The van der Waals surface area contributed by atoms with Crippen LogP contribution >= 0.6 is 11.6 Å². The number of hydrogen-bond acceptors (Lipinski definition) is 4. The van der Waals surface area contributed by atoms with Gasteiger partial charge in [-0.3, -0.25) is 9.59 Å². The first-order chi connectivity index (χ1) is 12.1. The first-order valence-corrected chi connectivity index (χ1v) is 9.07. The lowest BCUT2D eigenvalue weighted by Crippen LogP contribution is -2.56. The Hall–Kier alpha value is -2.01. The normalized spacial score (nSPS) is 24.6. The minimum absolute atomic E-state index is 0.0376. The Bertz CT molecular complexity index is 688. The molecule has 1 aromatic rings. The molecule has 0 bridgehead atoms. The van der Waals surface area contributed by atoms with E-state index in [0.717, 1.165) is 31.2 Å². The van der Waals surface area contributed by atoms with Crippen LogP contribution in [0.3, 0.4) is 0 Å². The van der Waals surface area contributed by atoms with E-state index in [2.05, 4.69) is 0 Å². The Morgan fingerprint density at radius 2 is 2.20 bits per heavy atom. The van der Waals surface area contributed by atoms with Crippen LogP contribution in [0, 0.1) is 0 Å². The first kappa shape index (κ1) is 17.8. The van der Waals surface area contributed by atoms with Gasteiger partial charge < -0.3 is 14.4 Å². The standard InChI is InChI=1S/C19H22ClNO4/c1-2-24-18(22)12-21-15-8-3-4-9-16(15)25-17(19(21)23)11-13-6-5-7-14(20)10-13/h5-7,10-11,15-16H,2-4,8-9,12H2,1H3/b17-11+. The Labute approximate surface area is 152 Å². The molecule has 0 aromatic heterocycles. The summed E-state index contributed by atoms with van der Waals surface area (Å²) in [4.78, 5) is 26.5. The molecule has 6 heteroatoms. The molecule has 134 valence electrons. The lowest BCUT2D eigenvalue weighted by Gasteiger charge is -2.44. The summed E-state index contributed by atoms with van der Waals surface area (Å²) in [5.41, 5.74) is 0.793. The highest BCUT2D eigenvalue weighted by Crippen LogP contribution is 2.33. The van der Waals surface area contributed by atoms with Gasteiger partial charge in [0.2, 0.25) is 0 Å². The fourth-order valence-corrected chi connectivity index (χ4v) is 3.65. The number of rotatable bonds is 4. The average molecular weight is 364 g/mol. The monoisotopic (exact) mass is 363 g/mol. The van der Waals surface area contributed by atoms with E-state index in [-0.39, 0.29) is 36.3 Å². The molecule has 1 heterocycles. The van der Waals surface area contributed by atoms with Crippen molar-refractivity contribution in [3.8, 4) is 0 Å². The molecule has 2 unspecified atom stereocenters. The number of benzene rings is 1. The lowest BCUT2D eigenvalue weighted by molar-refractivity contribution is -0.159. The molecule has 1 aromatic carbocycles. The molecule has 0 radical (unpaired) electrons. The second kappa shape index (κ2) is 7.91. The maximum Gasteiger partial charge on any atom is 0.325 e. The molecule has 1 aliphatic carbocycles. The van der Waals surface area contributed by atoms with Crippen molar-refractivity contribution in [3.05, 3.63) is 40.6 Å². The number of halogens is 1. The number of nitrogens with zero attached hydrogens (tertiary/aromatic N) is 1. The number of hydrogen-bond donors (Lipinski definition) is 0. The van der Waals surface area contributed by atoms with Crippen LogP contribution in [0.4, 0.5) is 0 Å². The second-order valence-electron chi connectivity index (χ2n) is 6.31. The fraction of sp³-hybridized carbons (Fsp3) is 0.474. The van der Waals surface area contributed by atoms with Crippen LogP contribution in [-0.4, -0.2) is 42.1 Å². The van der Waals surface area contributed by atoms with E-state index in [1.165, 1.54) is 0 Å². The van der Waals surface area contributed by atoms with Crippen LogP contribution in [0.5, 0.6) is 0 Å². The molecule has 25 heavy (non-hydrogen) atoms. The molecular weight excluding hydrogens is 342 g/mol. The SMILES string of the molecule is CCOC(=O)CN1C(=O)/C(=C\c2cccc(Cl)c2)OC2CCCCC21. The summed E-state index contributed by atoms with van der Waals surface area (Å²) in [6.45, 7) is 2.02. The van der Waals surface area contributed by atoms with Gasteiger partial charge in [0.25, 0.3) is 5.91 Å². The molecule has 1 saturated heterocycles. The third-order valence-electron chi connectivity index (χ3n) is 4.57. The Morgan fingerprint density at radius 3 is 2.96 bits per heavy atom. The summed E-state index contributed by atoms with van der Waals surface area (Å²) in [7, 11) is 0. The van der Waals surface area contributed by atoms with Gasteiger partial charge in [-0.25, -0.2) is 0 Å². The molecule has 1 saturated carbocycles. The fourth-order valence-electron chi connectivity index (χ4n) is 3.46. The van der Waals surface area contributed by atoms with Crippen LogP contribution in [0.25, 0.3) is 6.08 Å². The van der Waals surface area contributed by atoms with Crippen molar-refractivity contribution < 1.29 is 19.1 Å². The number of ether oxygens (including phenoxy) is 2. The lowest BCUT2D eigenvalue weighted by atomic mass is 9.89. The zero-order chi connectivity index (χ0) is 17.8. The average Bonchev–Trinajstić information content (AvgIpc) is 2.59. The van der Waals surface area contributed by atoms with Crippen LogP contribution in [0.1, 0.15) is 38.2 Å². The number of amides is 1. The summed E-state index contributed by atoms with van der Waals surface area (Å²) in [6.07, 6.45) is 5.44. The van der Waals surface area contributed by atoms with Crippen LogP contribution in [0.15, 0.2) is 30.0 Å². The smallest absolute Gasteiger partial charge is 0.325 e. The second-order valence-corrected chi connectivity index (χ2v) is 6.75. The molecule has 0 N–H and O–H groups in total. The highest BCUT2D eigenvalue weighted by Gasteiger charge is 2.42. The van der Waals surface area contributed by atoms with Gasteiger partial charge in [0.1, 0.15) is 12.6 Å². The summed E-state index contributed by atoms with van der Waals surface area (Å²) >= 11 is 6.02. The van der Waals surface area contributed by atoms with Gasteiger partial charge in [-0.2, -0.15) is 0 Å². The third kappa shape index (κ3) is 4.15. The van der Waals surface area contributed by atoms with Crippen molar-refractivity contribution in [1.29, 1.82) is 0 Å². The Kier molecular flexibility index (Phi) is 5.63. The van der Waals surface area contributed by atoms with Crippen molar-refractivity contribution in [3.63, 3.8) is 0 Å². The molecule has 1 amide bonds. The van der Waals surface area contributed by atoms with E-state index < -0.39 is 0 Å². The molecular formula is C19H22ClNO4. The van der Waals surface area contributed by atoms with Crippen molar-refractivity contribution >= 4 is 29.6 Å². The van der Waals surface area contributed by atoms with Gasteiger partial charge in [-0.05, 0) is 50.0 Å². The zero-order valence-electron chi connectivity index (χ0n) is 14.2. The Balaban J connectivity index is 1.87. The van der Waals surface area contributed by atoms with E-state index in [9.17, 15) is 9.59 Å². The minimum atomic E-state index is -0.385. The maximum atomic E-state index is 12.9. The zero-order valence-corrected chi connectivity index (χ0v) is 15.0. The number of carbonyl (C=O) groups is 2. The largest absolute Gasteiger partial charge is 0.482 e. The summed E-state index contributed by atoms with van der Waals surface area (Å²) in [5.74, 6) is -0.393. The highest BCUT2D eigenvalue weighted by molar-refractivity contribution is 6.30. The van der Waals surface area contributed by atoms with Crippen LogP contribution in [0.2, 0.25) is 5.02 Å². The number of carbonyl (C=O) groups excluding carboxylic acids is 2. The van der Waals surface area contributed by atoms with Crippen molar-refractivity contribution in [2.45, 2.75) is 44.8 Å². The molecule has 2 atom stereocenters. The summed E-state index contributed by atoms with van der Waals surface area (Å²) < 4.78 is 11.0. The summed E-state index contributed by atoms with van der Waals surface area (Å²) in [6, 6.07) is 7.16. The van der Waals surface area contributed by atoms with Gasteiger partial charge >= 0.3 is 5.97 Å². The highest BCUT2D eigenvalue weighted by atomic mass is 35.5. The minimum Gasteiger partial charge on any atom is -0.482 e. The maximum absolute atomic E-state index is 12.9. The molecule has 2 aliphatic rings. The quantitative estimate of drug-likeness (QED) is 0.607. The van der Waals surface area contributed by atoms with Crippen molar-refractivity contribution in [1.82, 2.24) is 4.90 Å². The van der Waals surface area contributed by atoms with E-state index in [1.807, 2.05) is 12.1 Å². The number of esters is 1. The Morgan fingerprint density at radius 1 is 1.40 bits per heavy atom. The van der Waals surface area contributed by atoms with E-state index in [0.29, 0.717) is 11.6 Å². The van der Waals surface area contributed by atoms with Gasteiger partial charge in [-0.1, -0.05) is 30.2 Å². The summed E-state index contributed by atoms with van der Waals surface area (Å²) in [5, 5.41) is 0.594. The van der Waals surface area contributed by atoms with Gasteiger partial charge in [0, 0.05) is 5.02 Å². The molecule has 1 aliphatic heterocycles. The van der Waals surface area contributed by atoms with Crippen LogP contribution in [-0.2, 0) is 19.1 Å². The van der Waals surface area contributed by atoms with Crippen LogP contribution < -0.4 is 0 Å². The molecule has 5 nitrogen and oxygen atoms in total. The third-order valence-corrected chi connectivity index (χ3v) is 4.80. The van der Waals surface area contributed by atoms with E-state index in [4.69, 9.17) is 21.1 Å². The molecule has 2 fully saturated rings. The van der Waals surface area contributed by atoms with E-state index >= 15 is 0 Å². The first-order valence-electron chi connectivity index (χ1n) is 8.69. The molecule has 3 rings (SSSR count). The van der Waals surface area contributed by atoms with Gasteiger partial charge in [0.05, 0.1) is 12.6 Å². The van der Waals surface area contributed by atoms with Gasteiger partial charge in [0.15, 0.2) is 5.76 Å². The van der Waals surface area contributed by atoms with Crippen molar-refractivity contribution in [2.75, 3.05) is 13.2 Å². The topological polar surface area (TPSA) is 55.8 Å². The van der Waals surface area contributed by atoms with Crippen molar-refractivity contribution in [2.24, 2.45) is 0 Å². The van der Waals surface area contributed by atoms with Gasteiger partial charge in [-0.15, -0.1) is 0 Å². The molecule has 0 spiro atoms. The predicted molar refractivity (Wildman–Crippen MR) is 94.9 cm³/mol. The van der Waals surface area contributed by atoms with E-state index in [1.54, 1.807) is 30.0 Å². The predicted octanol–water partition coefficient (Wildman–Crippen LogP) is 3.41.